The molecule has 0 saturated heterocycles. The number of pyridine rings is 1. The van der Waals surface area contributed by atoms with Crippen molar-refractivity contribution < 1.29 is 8.42 Å². The van der Waals surface area contributed by atoms with E-state index in [0.29, 0.717) is 18.0 Å². The van der Waals surface area contributed by atoms with Gasteiger partial charge >= 0.3 is 0 Å². The summed E-state index contributed by atoms with van der Waals surface area (Å²) in [6.45, 7) is 6.68. The van der Waals surface area contributed by atoms with Gasteiger partial charge in [0.05, 0.1) is 16.1 Å². The van der Waals surface area contributed by atoms with Gasteiger partial charge in [-0.05, 0) is 36.8 Å². The summed E-state index contributed by atoms with van der Waals surface area (Å²) in [4.78, 5) is 5.02. The Kier molecular flexibility index (Phi) is 6.39. The number of fused-ring (bicyclic) bond motifs is 1. The Labute approximate surface area is 161 Å². The fraction of sp³-hybridized carbons (Fsp3) is 0.250. The minimum Gasteiger partial charge on any atom is -0.248 e. The lowest BCUT2D eigenvalue weighted by molar-refractivity contribution is 0.445. The van der Waals surface area contributed by atoms with Crippen LogP contribution < -0.4 is 0 Å². The van der Waals surface area contributed by atoms with E-state index in [9.17, 15) is 8.42 Å². The number of benzene rings is 2. The lowest BCUT2D eigenvalue weighted by atomic mass is 10.1. The first-order chi connectivity index (χ1) is 12.0. The van der Waals surface area contributed by atoms with Gasteiger partial charge in [0.25, 0.3) is 0 Å². The molecule has 0 fully saturated rings. The number of hydrogen-bond donors (Lipinski definition) is 0. The predicted octanol–water partition coefficient (Wildman–Crippen LogP) is 4.66. The van der Waals surface area contributed by atoms with Crippen LogP contribution in [0, 0.1) is 6.92 Å². The number of aryl methyl sites for hydroxylation is 1. The van der Waals surface area contributed by atoms with Gasteiger partial charge in [-0.1, -0.05) is 44.2 Å². The Morgan fingerprint density at radius 3 is 2.19 bits per heavy atom. The molecule has 3 rings (SSSR count). The quantitative estimate of drug-likeness (QED) is 0.636. The van der Waals surface area contributed by atoms with Crippen LogP contribution in [0.2, 0.25) is 0 Å². The number of aromatic nitrogens is 1. The highest BCUT2D eigenvalue weighted by Crippen LogP contribution is 2.26. The Balaban J connectivity index is 0.00000243. The van der Waals surface area contributed by atoms with Crippen LogP contribution in [0.4, 0.5) is 0 Å². The van der Waals surface area contributed by atoms with E-state index in [0.717, 1.165) is 27.7 Å². The van der Waals surface area contributed by atoms with Gasteiger partial charge in [0, 0.05) is 24.0 Å². The average molecular weight is 391 g/mol. The Morgan fingerprint density at radius 1 is 0.962 bits per heavy atom. The molecular weight excluding hydrogens is 368 g/mol. The summed E-state index contributed by atoms with van der Waals surface area (Å²) >= 11 is 0. The Hall–Kier alpha value is -1.95. The van der Waals surface area contributed by atoms with Crippen molar-refractivity contribution in [3.05, 3.63) is 60.2 Å². The number of hydrogen-bond acceptors (Lipinski definition) is 3. The normalized spacial score (nSPS) is 11.5. The monoisotopic (exact) mass is 390 g/mol. The molecule has 0 amide bonds. The van der Waals surface area contributed by atoms with Gasteiger partial charge in [0.15, 0.2) is 0 Å². The number of sulfonamides is 1. The molecule has 0 saturated carbocycles. The molecule has 4 nitrogen and oxygen atoms in total. The molecule has 2 aromatic carbocycles. The summed E-state index contributed by atoms with van der Waals surface area (Å²) in [7, 11) is -3.43. The van der Waals surface area contributed by atoms with Crippen molar-refractivity contribution in [2.75, 3.05) is 13.1 Å². The fourth-order valence-corrected chi connectivity index (χ4v) is 4.47. The molecule has 3 aromatic rings. The summed E-state index contributed by atoms with van der Waals surface area (Å²) in [5.41, 5.74) is 3.85. The number of rotatable bonds is 5. The average Bonchev–Trinajstić information content (AvgIpc) is 2.62. The summed E-state index contributed by atoms with van der Waals surface area (Å²) in [5.74, 6) is 0. The minimum absolute atomic E-state index is 0. The summed E-state index contributed by atoms with van der Waals surface area (Å²) < 4.78 is 26.6. The van der Waals surface area contributed by atoms with Gasteiger partial charge < -0.3 is 0 Å². The molecule has 138 valence electrons. The molecule has 26 heavy (non-hydrogen) atoms. The maximum atomic E-state index is 12.6. The highest BCUT2D eigenvalue weighted by Gasteiger charge is 2.21. The van der Waals surface area contributed by atoms with E-state index in [1.165, 1.54) is 4.31 Å². The summed E-state index contributed by atoms with van der Waals surface area (Å²) in [6, 6.07) is 17.0. The molecule has 0 N–H and O–H groups in total. The van der Waals surface area contributed by atoms with Crippen LogP contribution in [0.1, 0.15) is 19.4 Å². The van der Waals surface area contributed by atoms with Gasteiger partial charge in [-0.3, -0.25) is 0 Å². The predicted molar refractivity (Wildman–Crippen MR) is 109 cm³/mol. The van der Waals surface area contributed by atoms with Crippen molar-refractivity contribution >= 4 is 33.3 Å². The van der Waals surface area contributed by atoms with E-state index < -0.39 is 10.0 Å². The molecule has 0 unspecified atom stereocenters. The van der Waals surface area contributed by atoms with E-state index in [2.05, 4.69) is 13.0 Å². The third-order valence-corrected chi connectivity index (χ3v) is 6.48. The van der Waals surface area contributed by atoms with Crippen LogP contribution in [-0.2, 0) is 10.0 Å². The highest BCUT2D eigenvalue weighted by atomic mass is 35.5. The maximum absolute atomic E-state index is 12.6. The molecule has 0 aliphatic heterocycles. The van der Waals surface area contributed by atoms with E-state index in [-0.39, 0.29) is 12.4 Å². The zero-order chi connectivity index (χ0) is 18.0. The van der Waals surface area contributed by atoms with Gasteiger partial charge in [-0.15, -0.1) is 12.4 Å². The van der Waals surface area contributed by atoms with Crippen molar-refractivity contribution in [3.8, 4) is 11.3 Å². The first-order valence-electron chi connectivity index (χ1n) is 8.44. The Morgan fingerprint density at radius 2 is 1.58 bits per heavy atom. The second-order valence-corrected chi connectivity index (χ2v) is 7.89. The van der Waals surface area contributed by atoms with Gasteiger partial charge in [0.2, 0.25) is 10.0 Å². The second-order valence-electron chi connectivity index (χ2n) is 5.96. The van der Waals surface area contributed by atoms with Crippen molar-refractivity contribution in [2.45, 2.75) is 25.7 Å². The van der Waals surface area contributed by atoms with E-state index in [1.807, 2.05) is 50.2 Å². The van der Waals surface area contributed by atoms with Crippen LogP contribution >= 0.6 is 12.4 Å². The third kappa shape index (κ3) is 3.75. The van der Waals surface area contributed by atoms with Gasteiger partial charge in [0.1, 0.15) is 0 Å². The molecule has 0 aliphatic carbocycles. The van der Waals surface area contributed by atoms with E-state index in [4.69, 9.17) is 4.98 Å². The second kappa shape index (κ2) is 8.16. The smallest absolute Gasteiger partial charge is 0.243 e. The lowest BCUT2D eigenvalue weighted by Gasteiger charge is -2.18. The van der Waals surface area contributed by atoms with Crippen LogP contribution in [0.25, 0.3) is 22.2 Å². The van der Waals surface area contributed by atoms with Crippen LogP contribution in [0.3, 0.4) is 0 Å². The molecule has 0 aliphatic rings. The molecule has 1 aromatic heterocycles. The summed E-state index contributed by atoms with van der Waals surface area (Å²) in [6.07, 6.45) is 0. The standard InChI is InChI=1S/C20H22N2O2S.ClH/c1-4-22(5-2)25(23,24)17-12-10-16(11-13-17)20-14-15(3)18-8-6-7-9-19(18)21-20;/h6-14H,4-5H2,1-3H3;1H. The van der Waals surface area contributed by atoms with Crippen molar-refractivity contribution in [1.82, 2.24) is 9.29 Å². The lowest BCUT2D eigenvalue weighted by Crippen LogP contribution is -2.30. The van der Waals surface area contributed by atoms with Crippen LogP contribution in [-0.4, -0.2) is 30.8 Å². The zero-order valence-electron chi connectivity index (χ0n) is 15.1. The molecule has 1 heterocycles. The molecule has 6 heteroatoms. The zero-order valence-corrected chi connectivity index (χ0v) is 16.8. The van der Waals surface area contributed by atoms with Crippen LogP contribution in [0.5, 0.6) is 0 Å². The maximum Gasteiger partial charge on any atom is 0.243 e. The SMILES string of the molecule is CCN(CC)S(=O)(=O)c1ccc(-c2cc(C)c3ccccc3n2)cc1.Cl. The van der Waals surface area contributed by atoms with Gasteiger partial charge in [-0.2, -0.15) is 4.31 Å². The van der Waals surface area contributed by atoms with Crippen molar-refractivity contribution in [2.24, 2.45) is 0 Å². The van der Waals surface area contributed by atoms with Gasteiger partial charge in [-0.25, -0.2) is 13.4 Å². The molecular formula is C20H23ClN2O2S. The van der Waals surface area contributed by atoms with Crippen molar-refractivity contribution in [3.63, 3.8) is 0 Å². The first kappa shape index (κ1) is 20.4. The molecule has 0 radical (unpaired) electrons. The third-order valence-electron chi connectivity index (χ3n) is 4.42. The first-order valence-corrected chi connectivity index (χ1v) is 9.88. The number of halogens is 1. The molecule has 0 spiro atoms. The van der Waals surface area contributed by atoms with Crippen molar-refractivity contribution in [1.29, 1.82) is 0 Å². The minimum atomic E-state index is -3.43. The number of para-hydroxylation sites is 1. The summed E-state index contributed by atoms with van der Waals surface area (Å²) in [5, 5.41) is 1.13. The largest absolute Gasteiger partial charge is 0.248 e. The molecule has 0 bridgehead atoms. The number of nitrogens with zero attached hydrogens (tertiary/aromatic N) is 2. The van der Waals surface area contributed by atoms with Crippen LogP contribution in [0.15, 0.2) is 59.5 Å². The van der Waals surface area contributed by atoms with E-state index >= 15 is 0 Å². The topological polar surface area (TPSA) is 50.3 Å². The molecule has 0 atom stereocenters. The Bertz CT molecular complexity index is 998. The fourth-order valence-electron chi connectivity index (χ4n) is 3.01. The highest BCUT2D eigenvalue weighted by molar-refractivity contribution is 7.89. The van der Waals surface area contributed by atoms with E-state index in [1.54, 1.807) is 12.1 Å².